The van der Waals surface area contributed by atoms with E-state index in [1.807, 2.05) is 18.2 Å². The van der Waals surface area contributed by atoms with Crippen molar-refractivity contribution in [3.05, 3.63) is 47.5 Å². The second kappa shape index (κ2) is 5.79. The van der Waals surface area contributed by atoms with Gasteiger partial charge in [0.25, 0.3) is 0 Å². The first-order valence-electron chi connectivity index (χ1n) is 6.96. The lowest BCUT2D eigenvalue weighted by Crippen LogP contribution is -1.96. The molecule has 0 radical (unpaired) electrons. The van der Waals surface area contributed by atoms with Crippen molar-refractivity contribution in [2.45, 2.75) is 36.7 Å². The van der Waals surface area contributed by atoms with Crippen LogP contribution < -0.4 is 0 Å². The van der Waals surface area contributed by atoms with Gasteiger partial charge in [0.05, 0.1) is 0 Å². The van der Waals surface area contributed by atoms with Gasteiger partial charge in [-0.05, 0) is 29.2 Å². The average Bonchev–Trinajstić information content (AvgIpc) is 2.98. The maximum absolute atomic E-state index is 11.1. The first kappa shape index (κ1) is 12.7. The Hall–Kier alpha value is -1.28. The number of hydrogen-bond acceptors (Lipinski definition) is 2. The second-order valence-corrected chi connectivity index (χ2v) is 6.48. The van der Waals surface area contributed by atoms with Gasteiger partial charge >= 0.3 is 0 Å². The molecule has 2 aromatic rings. The third-order valence-electron chi connectivity index (χ3n) is 3.95. The summed E-state index contributed by atoms with van der Waals surface area (Å²) < 4.78 is 0. The SMILES string of the molecule is O=Cc1ccc(CSC2CCCC2)c2ccccc12. The molecule has 0 saturated heterocycles. The summed E-state index contributed by atoms with van der Waals surface area (Å²) >= 11 is 2.08. The molecule has 1 fully saturated rings. The largest absolute Gasteiger partial charge is 0.298 e. The molecule has 0 N–H and O–H groups in total. The maximum atomic E-state index is 11.1. The van der Waals surface area contributed by atoms with Gasteiger partial charge in [-0.25, -0.2) is 0 Å². The molecule has 3 rings (SSSR count). The fourth-order valence-electron chi connectivity index (χ4n) is 2.88. The number of carbonyl (C=O) groups is 1. The molecule has 1 nitrogen and oxygen atoms in total. The van der Waals surface area contributed by atoms with E-state index < -0.39 is 0 Å². The lowest BCUT2D eigenvalue weighted by atomic mass is 10.0. The van der Waals surface area contributed by atoms with Crippen molar-refractivity contribution in [1.82, 2.24) is 0 Å². The fraction of sp³-hybridized carbons (Fsp3) is 0.353. The van der Waals surface area contributed by atoms with E-state index in [9.17, 15) is 4.79 Å². The van der Waals surface area contributed by atoms with Crippen LogP contribution in [0.4, 0.5) is 0 Å². The van der Waals surface area contributed by atoms with Crippen molar-refractivity contribution in [3.8, 4) is 0 Å². The lowest BCUT2D eigenvalue weighted by molar-refractivity contribution is 0.112. The predicted molar refractivity (Wildman–Crippen MR) is 82.9 cm³/mol. The van der Waals surface area contributed by atoms with E-state index in [2.05, 4.69) is 30.0 Å². The highest BCUT2D eigenvalue weighted by Gasteiger charge is 2.15. The van der Waals surface area contributed by atoms with Crippen molar-refractivity contribution in [1.29, 1.82) is 0 Å². The van der Waals surface area contributed by atoms with Crippen LogP contribution in [0, 0.1) is 0 Å². The molecule has 0 amide bonds. The van der Waals surface area contributed by atoms with Gasteiger partial charge in [0.1, 0.15) is 0 Å². The molecular formula is C17H18OS. The zero-order valence-electron chi connectivity index (χ0n) is 11.0. The van der Waals surface area contributed by atoms with Gasteiger partial charge in [-0.15, -0.1) is 0 Å². The Labute approximate surface area is 118 Å². The number of benzene rings is 2. The summed E-state index contributed by atoms with van der Waals surface area (Å²) in [7, 11) is 0. The van der Waals surface area contributed by atoms with Gasteiger partial charge in [-0.3, -0.25) is 4.79 Å². The Bertz CT molecular complexity index is 585. The number of hydrogen-bond donors (Lipinski definition) is 0. The summed E-state index contributed by atoms with van der Waals surface area (Å²) in [5, 5.41) is 3.16. The summed E-state index contributed by atoms with van der Waals surface area (Å²) in [5.74, 6) is 1.06. The fourth-order valence-corrected chi connectivity index (χ4v) is 4.21. The third kappa shape index (κ3) is 2.69. The molecule has 98 valence electrons. The summed E-state index contributed by atoms with van der Waals surface area (Å²) in [6.45, 7) is 0. The van der Waals surface area contributed by atoms with Crippen LogP contribution in [-0.2, 0) is 5.75 Å². The average molecular weight is 270 g/mol. The van der Waals surface area contributed by atoms with Crippen LogP contribution >= 0.6 is 11.8 Å². The quantitative estimate of drug-likeness (QED) is 0.740. The number of rotatable bonds is 4. The molecule has 0 heterocycles. The van der Waals surface area contributed by atoms with Crippen molar-refractivity contribution in [2.75, 3.05) is 0 Å². The van der Waals surface area contributed by atoms with Gasteiger partial charge < -0.3 is 0 Å². The third-order valence-corrected chi connectivity index (χ3v) is 5.37. The molecular weight excluding hydrogens is 252 g/mol. The zero-order chi connectivity index (χ0) is 13.1. The molecule has 19 heavy (non-hydrogen) atoms. The first-order chi connectivity index (χ1) is 9.38. The minimum Gasteiger partial charge on any atom is -0.298 e. The molecule has 0 spiro atoms. The minimum atomic E-state index is 0.796. The molecule has 2 heteroatoms. The van der Waals surface area contributed by atoms with E-state index in [1.54, 1.807) is 0 Å². The van der Waals surface area contributed by atoms with Crippen molar-refractivity contribution < 1.29 is 4.79 Å². The van der Waals surface area contributed by atoms with Crippen LogP contribution in [0.15, 0.2) is 36.4 Å². The van der Waals surface area contributed by atoms with Crippen molar-refractivity contribution in [2.24, 2.45) is 0 Å². The number of fused-ring (bicyclic) bond motifs is 1. The van der Waals surface area contributed by atoms with Crippen LogP contribution in [0.1, 0.15) is 41.6 Å². The number of carbonyl (C=O) groups excluding carboxylic acids is 1. The zero-order valence-corrected chi connectivity index (χ0v) is 11.8. The minimum absolute atomic E-state index is 0.796. The monoisotopic (exact) mass is 270 g/mol. The topological polar surface area (TPSA) is 17.1 Å². The Morgan fingerprint density at radius 2 is 1.79 bits per heavy atom. The Morgan fingerprint density at radius 1 is 1.05 bits per heavy atom. The number of thioether (sulfide) groups is 1. The van der Waals surface area contributed by atoms with Gasteiger partial charge in [0.15, 0.2) is 6.29 Å². The lowest BCUT2D eigenvalue weighted by Gasteiger charge is -2.11. The Balaban J connectivity index is 1.88. The van der Waals surface area contributed by atoms with Crippen LogP contribution in [0.2, 0.25) is 0 Å². The second-order valence-electron chi connectivity index (χ2n) is 5.19. The predicted octanol–water partition coefficient (Wildman–Crippen LogP) is 4.83. The molecule has 2 aromatic carbocycles. The Kier molecular flexibility index (Phi) is 3.88. The van der Waals surface area contributed by atoms with E-state index in [1.165, 1.54) is 36.6 Å². The highest BCUT2D eigenvalue weighted by atomic mass is 32.2. The van der Waals surface area contributed by atoms with E-state index in [0.717, 1.165) is 28.2 Å². The van der Waals surface area contributed by atoms with Crippen LogP contribution in [0.25, 0.3) is 10.8 Å². The van der Waals surface area contributed by atoms with E-state index in [-0.39, 0.29) is 0 Å². The standard InChI is InChI=1S/C17H18OS/c18-11-13-9-10-14(12-19-15-5-1-2-6-15)17-8-4-3-7-16(13)17/h3-4,7-11,15H,1-2,5-6,12H2. The first-order valence-corrected chi connectivity index (χ1v) is 8.01. The highest BCUT2D eigenvalue weighted by Crippen LogP contribution is 2.33. The highest BCUT2D eigenvalue weighted by molar-refractivity contribution is 7.99. The van der Waals surface area contributed by atoms with Gasteiger partial charge in [0, 0.05) is 16.6 Å². The molecule has 1 aliphatic rings. The molecule has 0 bridgehead atoms. The van der Waals surface area contributed by atoms with Crippen LogP contribution in [0.3, 0.4) is 0 Å². The molecule has 0 unspecified atom stereocenters. The van der Waals surface area contributed by atoms with E-state index in [4.69, 9.17) is 0 Å². The molecule has 0 atom stereocenters. The molecule has 1 aliphatic carbocycles. The van der Waals surface area contributed by atoms with E-state index in [0.29, 0.717) is 0 Å². The van der Waals surface area contributed by atoms with E-state index >= 15 is 0 Å². The number of aldehydes is 1. The molecule has 0 aromatic heterocycles. The van der Waals surface area contributed by atoms with Crippen LogP contribution in [0.5, 0.6) is 0 Å². The molecule has 0 aliphatic heterocycles. The Morgan fingerprint density at radius 3 is 2.53 bits per heavy atom. The van der Waals surface area contributed by atoms with Crippen molar-refractivity contribution in [3.63, 3.8) is 0 Å². The van der Waals surface area contributed by atoms with Crippen LogP contribution in [-0.4, -0.2) is 11.5 Å². The summed E-state index contributed by atoms with van der Waals surface area (Å²) in [4.78, 5) is 11.1. The van der Waals surface area contributed by atoms with Gasteiger partial charge in [-0.2, -0.15) is 11.8 Å². The smallest absolute Gasteiger partial charge is 0.150 e. The van der Waals surface area contributed by atoms with Crippen molar-refractivity contribution >= 4 is 28.8 Å². The maximum Gasteiger partial charge on any atom is 0.150 e. The summed E-state index contributed by atoms with van der Waals surface area (Å²) in [5.41, 5.74) is 2.16. The summed E-state index contributed by atoms with van der Waals surface area (Å²) in [6.07, 6.45) is 6.48. The normalized spacial score (nSPS) is 16.0. The molecule has 1 saturated carbocycles. The van der Waals surface area contributed by atoms with Gasteiger partial charge in [0.2, 0.25) is 0 Å². The van der Waals surface area contributed by atoms with Gasteiger partial charge in [-0.1, -0.05) is 49.2 Å². The summed E-state index contributed by atoms with van der Waals surface area (Å²) in [6, 6.07) is 12.3.